The van der Waals surface area contributed by atoms with Crippen molar-refractivity contribution in [2.24, 2.45) is 5.92 Å². The van der Waals surface area contributed by atoms with E-state index in [0.717, 1.165) is 35.9 Å². The van der Waals surface area contributed by atoms with Crippen LogP contribution in [0.25, 0.3) is 10.2 Å². The molecule has 0 aliphatic carbocycles. The molecule has 0 amide bonds. The molecule has 2 aromatic rings. The number of anilines is 2. The summed E-state index contributed by atoms with van der Waals surface area (Å²) in [6.45, 7) is 8.76. The highest BCUT2D eigenvalue weighted by Crippen LogP contribution is 2.33. The molecule has 0 aliphatic heterocycles. The SMILES string of the molecule is CCC(CC)CN(CC)c1ccc2scnc2c1N. The van der Waals surface area contributed by atoms with Crippen LogP contribution in [0.3, 0.4) is 0 Å². The van der Waals surface area contributed by atoms with E-state index in [0.29, 0.717) is 0 Å². The van der Waals surface area contributed by atoms with E-state index in [1.54, 1.807) is 11.3 Å². The summed E-state index contributed by atoms with van der Waals surface area (Å²) in [6, 6.07) is 4.27. The Morgan fingerprint density at radius 2 is 2.00 bits per heavy atom. The minimum Gasteiger partial charge on any atom is -0.395 e. The van der Waals surface area contributed by atoms with Gasteiger partial charge in [0.25, 0.3) is 0 Å². The average molecular weight is 277 g/mol. The lowest BCUT2D eigenvalue weighted by molar-refractivity contribution is 0.486. The number of fused-ring (bicyclic) bond motifs is 1. The van der Waals surface area contributed by atoms with E-state index in [1.807, 2.05) is 5.51 Å². The van der Waals surface area contributed by atoms with Crippen LogP contribution in [0.4, 0.5) is 11.4 Å². The normalized spacial score (nSPS) is 11.4. The minimum absolute atomic E-state index is 0.727. The summed E-state index contributed by atoms with van der Waals surface area (Å²) in [5, 5.41) is 0. The van der Waals surface area contributed by atoms with Gasteiger partial charge >= 0.3 is 0 Å². The number of benzene rings is 1. The molecule has 0 spiro atoms. The first-order valence-corrected chi connectivity index (χ1v) is 7.95. The molecule has 0 radical (unpaired) electrons. The molecule has 0 aliphatic rings. The highest BCUT2D eigenvalue weighted by molar-refractivity contribution is 7.16. The third-order valence-electron chi connectivity index (χ3n) is 3.87. The first-order valence-electron chi connectivity index (χ1n) is 7.07. The monoisotopic (exact) mass is 277 g/mol. The highest BCUT2D eigenvalue weighted by atomic mass is 32.1. The standard InChI is InChI=1S/C15H23N3S/c1-4-11(5-2)9-18(6-3)12-7-8-13-15(14(12)16)17-10-19-13/h7-8,10-11H,4-6,9,16H2,1-3H3. The Morgan fingerprint density at radius 3 is 2.63 bits per heavy atom. The molecule has 0 saturated carbocycles. The maximum absolute atomic E-state index is 6.30. The van der Waals surface area contributed by atoms with E-state index in [1.165, 1.54) is 17.5 Å². The molecule has 3 nitrogen and oxygen atoms in total. The number of hydrogen-bond acceptors (Lipinski definition) is 4. The predicted molar refractivity (Wildman–Crippen MR) is 86.0 cm³/mol. The fourth-order valence-electron chi connectivity index (χ4n) is 2.47. The third-order valence-corrected chi connectivity index (χ3v) is 4.67. The molecule has 104 valence electrons. The van der Waals surface area contributed by atoms with Crippen LogP contribution in [0, 0.1) is 5.92 Å². The molecule has 2 rings (SSSR count). The van der Waals surface area contributed by atoms with Crippen LogP contribution in [0.15, 0.2) is 17.6 Å². The van der Waals surface area contributed by atoms with Gasteiger partial charge in [-0.15, -0.1) is 11.3 Å². The van der Waals surface area contributed by atoms with Gasteiger partial charge in [-0.05, 0) is 25.0 Å². The summed E-state index contributed by atoms with van der Waals surface area (Å²) in [5.41, 5.74) is 11.1. The van der Waals surface area contributed by atoms with Crippen LogP contribution in [0.5, 0.6) is 0 Å². The average Bonchev–Trinajstić information content (AvgIpc) is 2.91. The first-order chi connectivity index (χ1) is 9.21. The van der Waals surface area contributed by atoms with Crippen LogP contribution in [-0.4, -0.2) is 18.1 Å². The summed E-state index contributed by atoms with van der Waals surface area (Å²) < 4.78 is 1.17. The van der Waals surface area contributed by atoms with E-state index in [-0.39, 0.29) is 0 Å². The largest absolute Gasteiger partial charge is 0.395 e. The minimum atomic E-state index is 0.727. The maximum atomic E-state index is 6.30. The van der Waals surface area contributed by atoms with Gasteiger partial charge in [-0.25, -0.2) is 4.98 Å². The van der Waals surface area contributed by atoms with Crippen molar-refractivity contribution in [3.63, 3.8) is 0 Å². The number of rotatable bonds is 6. The number of thiazole rings is 1. The Balaban J connectivity index is 2.32. The van der Waals surface area contributed by atoms with Crippen molar-refractivity contribution >= 4 is 32.9 Å². The summed E-state index contributed by atoms with van der Waals surface area (Å²) >= 11 is 1.64. The Morgan fingerprint density at radius 1 is 1.26 bits per heavy atom. The molecule has 0 bridgehead atoms. The zero-order valence-electron chi connectivity index (χ0n) is 12.0. The maximum Gasteiger partial charge on any atom is 0.106 e. The smallest absolute Gasteiger partial charge is 0.106 e. The Hall–Kier alpha value is -1.29. The number of hydrogen-bond donors (Lipinski definition) is 1. The van der Waals surface area contributed by atoms with Crippen LogP contribution in [0.1, 0.15) is 33.6 Å². The fraction of sp³-hybridized carbons (Fsp3) is 0.533. The molecule has 2 N–H and O–H groups in total. The molecule has 0 atom stereocenters. The second-order valence-corrected chi connectivity index (χ2v) is 5.80. The van der Waals surface area contributed by atoms with E-state index < -0.39 is 0 Å². The first kappa shape index (κ1) is 14.1. The van der Waals surface area contributed by atoms with Gasteiger partial charge in [0.2, 0.25) is 0 Å². The summed E-state index contributed by atoms with van der Waals surface area (Å²) in [5.74, 6) is 0.727. The zero-order valence-corrected chi connectivity index (χ0v) is 12.8. The van der Waals surface area contributed by atoms with Crippen LogP contribution >= 0.6 is 11.3 Å². The molecule has 19 heavy (non-hydrogen) atoms. The van der Waals surface area contributed by atoms with Gasteiger partial charge in [-0.2, -0.15) is 0 Å². The van der Waals surface area contributed by atoms with Crippen molar-refractivity contribution in [2.45, 2.75) is 33.6 Å². The quantitative estimate of drug-likeness (QED) is 0.807. The molecule has 4 heteroatoms. The van der Waals surface area contributed by atoms with Crippen molar-refractivity contribution in [3.8, 4) is 0 Å². The summed E-state index contributed by atoms with van der Waals surface area (Å²) in [7, 11) is 0. The predicted octanol–water partition coefficient (Wildman–Crippen LogP) is 4.14. The second-order valence-electron chi connectivity index (χ2n) is 4.92. The summed E-state index contributed by atoms with van der Waals surface area (Å²) in [4.78, 5) is 6.76. The second kappa shape index (κ2) is 6.24. The van der Waals surface area contributed by atoms with Gasteiger partial charge in [0.05, 0.1) is 21.6 Å². The van der Waals surface area contributed by atoms with E-state index in [2.05, 4.69) is 42.8 Å². The van der Waals surface area contributed by atoms with Gasteiger partial charge in [-0.3, -0.25) is 0 Å². The molecule has 0 saturated heterocycles. The van der Waals surface area contributed by atoms with Gasteiger partial charge in [0, 0.05) is 13.1 Å². The lowest BCUT2D eigenvalue weighted by Gasteiger charge is -2.28. The Labute approximate surface area is 119 Å². The molecule has 1 aromatic heterocycles. The molecule has 0 fully saturated rings. The van der Waals surface area contributed by atoms with Crippen molar-refractivity contribution in [1.29, 1.82) is 0 Å². The van der Waals surface area contributed by atoms with Crippen molar-refractivity contribution in [1.82, 2.24) is 4.98 Å². The van der Waals surface area contributed by atoms with Crippen molar-refractivity contribution < 1.29 is 0 Å². The number of nitrogens with two attached hydrogens (primary N) is 1. The fourth-order valence-corrected chi connectivity index (χ4v) is 3.17. The molecule has 1 heterocycles. The Bertz CT molecular complexity index is 531. The molecular weight excluding hydrogens is 254 g/mol. The molecule has 1 aromatic carbocycles. The van der Waals surface area contributed by atoms with E-state index >= 15 is 0 Å². The van der Waals surface area contributed by atoms with Crippen molar-refractivity contribution in [3.05, 3.63) is 17.6 Å². The van der Waals surface area contributed by atoms with Crippen LogP contribution < -0.4 is 10.6 Å². The van der Waals surface area contributed by atoms with Gasteiger partial charge in [0.1, 0.15) is 5.52 Å². The lowest BCUT2D eigenvalue weighted by Crippen LogP contribution is -2.29. The number of aromatic nitrogens is 1. The van der Waals surface area contributed by atoms with Gasteiger partial charge < -0.3 is 10.6 Å². The highest BCUT2D eigenvalue weighted by Gasteiger charge is 2.15. The zero-order chi connectivity index (χ0) is 13.8. The Kier molecular flexibility index (Phi) is 4.64. The number of nitrogens with zero attached hydrogens (tertiary/aromatic N) is 2. The van der Waals surface area contributed by atoms with Crippen LogP contribution in [0.2, 0.25) is 0 Å². The van der Waals surface area contributed by atoms with E-state index in [9.17, 15) is 0 Å². The van der Waals surface area contributed by atoms with E-state index in [4.69, 9.17) is 5.73 Å². The molecular formula is C15H23N3S. The van der Waals surface area contributed by atoms with Crippen LogP contribution in [-0.2, 0) is 0 Å². The van der Waals surface area contributed by atoms with Gasteiger partial charge in [-0.1, -0.05) is 26.7 Å². The number of nitrogen functional groups attached to an aromatic ring is 1. The summed E-state index contributed by atoms with van der Waals surface area (Å²) in [6.07, 6.45) is 2.43. The van der Waals surface area contributed by atoms with Crippen molar-refractivity contribution in [2.75, 3.05) is 23.7 Å². The topological polar surface area (TPSA) is 42.2 Å². The van der Waals surface area contributed by atoms with Gasteiger partial charge in [0.15, 0.2) is 0 Å². The third kappa shape index (κ3) is 2.84. The molecule has 0 unspecified atom stereocenters. The lowest BCUT2D eigenvalue weighted by atomic mass is 10.0.